The van der Waals surface area contributed by atoms with Crippen LogP contribution >= 0.6 is 27.5 Å². The van der Waals surface area contributed by atoms with Crippen LogP contribution in [-0.4, -0.2) is 9.97 Å². The van der Waals surface area contributed by atoms with Crippen molar-refractivity contribution in [3.05, 3.63) is 32.7 Å². The standard InChI is InChI=1S/C13H14BrClN2O/c1-6(7-2-3-7)12(15)8-4-10-11(5-9(8)14)17-13(18)16-10/h4-7,12H,2-3H2,1H3,(H2,16,17,18). The van der Waals surface area contributed by atoms with Crippen molar-refractivity contribution < 1.29 is 0 Å². The maximum Gasteiger partial charge on any atom is 0.323 e. The average Bonchev–Trinajstić information content (AvgIpc) is 3.09. The van der Waals surface area contributed by atoms with Crippen molar-refractivity contribution in [2.75, 3.05) is 0 Å². The van der Waals surface area contributed by atoms with Crippen LogP contribution in [0.5, 0.6) is 0 Å². The molecule has 2 N–H and O–H groups in total. The number of nitrogens with one attached hydrogen (secondary N) is 2. The largest absolute Gasteiger partial charge is 0.323 e. The summed E-state index contributed by atoms with van der Waals surface area (Å²) in [4.78, 5) is 16.8. The minimum atomic E-state index is -0.185. The molecule has 96 valence electrons. The fourth-order valence-electron chi connectivity index (χ4n) is 2.43. The lowest BCUT2D eigenvalue weighted by Crippen LogP contribution is -2.06. The summed E-state index contributed by atoms with van der Waals surface area (Å²) in [6.45, 7) is 2.20. The number of fused-ring (bicyclic) bond motifs is 1. The Hall–Kier alpha value is -0.740. The highest BCUT2D eigenvalue weighted by molar-refractivity contribution is 9.10. The molecule has 2 unspecified atom stereocenters. The number of aromatic amines is 2. The lowest BCUT2D eigenvalue weighted by Gasteiger charge is -2.19. The van der Waals surface area contributed by atoms with E-state index in [0.29, 0.717) is 5.92 Å². The lowest BCUT2D eigenvalue weighted by atomic mass is 9.96. The van der Waals surface area contributed by atoms with Crippen molar-refractivity contribution in [1.29, 1.82) is 0 Å². The van der Waals surface area contributed by atoms with Crippen LogP contribution in [0.15, 0.2) is 21.4 Å². The summed E-state index contributed by atoms with van der Waals surface area (Å²) in [5.41, 5.74) is 2.49. The van der Waals surface area contributed by atoms with Gasteiger partial charge in [-0.25, -0.2) is 4.79 Å². The second-order valence-corrected chi connectivity index (χ2v) is 6.42. The van der Waals surface area contributed by atoms with Crippen LogP contribution in [0.1, 0.15) is 30.7 Å². The van der Waals surface area contributed by atoms with Crippen LogP contribution in [-0.2, 0) is 0 Å². The third-order valence-corrected chi connectivity index (χ3v) is 5.08. The zero-order valence-corrected chi connectivity index (χ0v) is 12.3. The first kappa shape index (κ1) is 12.3. The van der Waals surface area contributed by atoms with Crippen LogP contribution in [0, 0.1) is 11.8 Å². The van der Waals surface area contributed by atoms with E-state index in [-0.39, 0.29) is 11.1 Å². The number of hydrogen-bond acceptors (Lipinski definition) is 1. The maximum atomic E-state index is 11.3. The van der Waals surface area contributed by atoms with Crippen molar-refractivity contribution in [2.24, 2.45) is 11.8 Å². The van der Waals surface area contributed by atoms with E-state index in [1.807, 2.05) is 12.1 Å². The smallest absolute Gasteiger partial charge is 0.306 e. The Morgan fingerprint density at radius 3 is 2.56 bits per heavy atom. The monoisotopic (exact) mass is 328 g/mol. The molecule has 2 aromatic rings. The van der Waals surface area contributed by atoms with Crippen molar-refractivity contribution in [3.8, 4) is 0 Å². The lowest BCUT2D eigenvalue weighted by molar-refractivity contribution is 0.491. The minimum absolute atomic E-state index is 0.0188. The molecular weight excluding hydrogens is 316 g/mol. The number of halogens is 2. The van der Waals surface area contributed by atoms with Gasteiger partial charge in [0.2, 0.25) is 0 Å². The van der Waals surface area contributed by atoms with Crippen LogP contribution in [0.4, 0.5) is 0 Å². The molecule has 0 spiro atoms. The van der Waals surface area contributed by atoms with E-state index in [9.17, 15) is 4.79 Å². The summed E-state index contributed by atoms with van der Waals surface area (Å²) in [6.07, 6.45) is 2.57. The van der Waals surface area contributed by atoms with E-state index in [2.05, 4.69) is 32.8 Å². The molecule has 1 fully saturated rings. The first-order valence-corrected chi connectivity index (χ1v) is 7.34. The Bertz CT molecular complexity index is 644. The van der Waals surface area contributed by atoms with Gasteiger partial charge >= 0.3 is 5.69 Å². The van der Waals surface area contributed by atoms with Gasteiger partial charge in [-0.05, 0) is 42.4 Å². The molecule has 0 radical (unpaired) electrons. The predicted octanol–water partition coefficient (Wildman–Crippen LogP) is 3.94. The molecule has 0 saturated heterocycles. The number of rotatable bonds is 3. The Morgan fingerprint density at radius 1 is 1.33 bits per heavy atom. The molecule has 2 atom stereocenters. The van der Waals surface area contributed by atoms with E-state index >= 15 is 0 Å². The molecular formula is C13H14BrClN2O. The number of H-pyrrole nitrogens is 2. The molecule has 3 rings (SSSR count). The van der Waals surface area contributed by atoms with Crippen LogP contribution in [0.2, 0.25) is 0 Å². The molecule has 3 nitrogen and oxygen atoms in total. The van der Waals surface area contributed by atoms with Crippen LogP contribution in [0.3, 0.4) is 0 Å². The number of hydrogen-bond donors (Lipinski definition) is 2. The summed E-state index contributed by atoms with van der Waals surface area (Å²) in [7, 11) is 0. The normalized spacial score (nSPS) is 19.1. The predicted molar refractivity (Wildman–Crippen MR) is 77.1 cm³/mol. The van der Waals surface area contributed by atoms with Crippen molar-refractivity contribution in [3.63, 3.8) is 0 Å². The zero-order chi connectivity index (χ0) is 12.9. The second kappa shape index (κ2) is 4.42. The number of alkyl halides is 1. The van der Waals surface area contributed by atoms with E-state index in [1.165, 1.54) is 12.8 Å². The summed E-state index contributed by atoms with van der Waals surface area (Å²) < 4.78 is 0.956. The van der Waals surface area contributed by atoms with Crippen LogP contribution in [0.25, 0.3) is 11.0 Å². The van der Waals surface area contributed by atoms with Gasteiger partial charge in [0.1, 0.15) is 0 Å². The fourth-order valence-corrected chi connectivity index (χ4v) is 3.54. The number of imidazole rings is 1. The van der Waals surface area contributed by atoms with Crippen molar-refractivity contribution in [2.45, 2.75) is 25.1 Å². The molecule has 0 aliphatic heterocycles. The van der Waals surface area contributed by atoms with E-state index in [1.54, 1.807) is 0 Å². The molecule has 1 heterocycles. The molecule has 18 heavy (non-hydrogen) atoms. The van der Waals surface area contributed by atoms with E-state index in [0.717, 1.165) is 27.0 Å². The van der Waals surface area contributed by atoms with E-state index in [4.69, 9.17) is 11.6 Å². The highest BCUT2D eigenvalue weighted by Crippen LogP contribution is 2.46. The van der Waals surface area contributed by atoms with Gasteiger partial charge in [-0.1, -0.05) is 22.9 Å². The van der Waals surface area contributed by atoms with Gasteiger partial charge in [0.15, 0.2) is 0 Å². The number of aromatic nitrogens is 2. The molecule has 0 amide bonds. The Kier molecular flexibility index (Phi) is 3.02. The quantitative estimate of drug-likeness (QED) is 0.823. The molecule has 1 saturated carbocycles. The minimum Gasteiger partial charge on any atom is -0.306 e. The maximum absolute atomic E-state index is 11.3. The van der Waals surface area contributed by atoms with Crippen molar-refractivity contribution in [1.82, 2.24) is 9.97 Å². The fraction of sp³-hybridized carbons (Fsp3) is 0.462. The van der Waals surface area contributed by atoms with Crippen LogP contribution < -0.4 is 5.69 Å². The summed E-state index contributed by atoms with van der Waals surface area (Å²) in [6, 6.07) is 3.88. The summed E-state index contributed by atoms with van der Waals surface area (Å²) in [5, 5.41) is -0.0188. The molecule has 1 aromatic carbocycles. The third-order valence-electron chi connectivity index (χ3n) is 3.76. The second-order valence-electron chi connectivity index (χ2n) is 5.10. The van der Waals surface area contributed by atoms with Gasteiger partial charge in [-0.15, -0.1) is 11.6 Å². The average molecular weight is 330 g/mol. The topological polar surface area (TPSA) is 48.6 Å². The molecule has 1 aliphatic rings. The highest BCUT2D eigenvalue weighted by Gasteiger charge is 2.33. The van der Waals surface area contributed by atoms with Gasteiger partial charge in [-0.3, -0.25) is 0 Å². The van der Waals surface area contributed by atoms with Gasteiger partial charge in [0.25, 0.3) is 0 Å². The van der Waals surface area contributed by atoms with Gasteiger partial charge in [-0.2, -0.15) is 0 Å². The third kappa shape index (κ3) is 2.12. The SMILES string of the molecule is CC(C1CC1)C(Cl)c1cc2[nH]c(=O)[nH]c2cc1Br. The first-order valence-electron chi connectivity index (χ1n) is 6.12. The zero-order valence-electron chi connectivity index (χ0n) is 9.97. The molecule has 5 heteroatoms. The number of benzene rings is 1. The van der Waals surface area contributed by atoms with Gasteiger partial charge in [0, 0.05) is 4.47 Å². The summed E-state index contributed by atoms with van der Waals surface area (Å²) >= 11 is 10.1. The Balaban J connectivity index is 2.04. The highest BCUT2D eigenvalue weighted by atomic mass is 79.9. The molecule has 1 aliphatic carbocycles. The van der Waals surface area contributed by atoms with Gasteiger partial charge in [0.05, 0.1) is 16.4 Å². The van der Waals surface area contributed by atoms with Gasteiger partial charge < -0.3 is 9.97 Å². The van der Waals surface area contributed by atoms with Crippen molar-refractivity contribution >= 4 is 38.6 Å². The first-order chi connectivity index (χ1) is 8.56. The Morgan fingerprint density at radius 2 is 1.94 bits per heavy atom. The van der Waals surface area contributed by atoms with E-state index < -0.39 is 0 Å². The Labute approximate surface area is 118 Å². The molecule has 0 bridgehead atoms. The molecule has 1 aromatic heterocycles. The summed E-state index contributed by atoms with van der Waals surface area (Å²) in [5.74, 6) is 1.21.